The van der Waals surface area contributed by atoms with Crippen LogP contribution in [0.15, 0.2) is 72.8 Å². The summed E-state index contributed by atoms with van der Waals surface area (Å²) in [6.07, 6.45) is 7.85. The first-order valence-electron chi connectivity index (χ1n) is 12.3. The number of unbranched alkanes of at least 4 members (excludes halogenated alkanes) is 5. The van der Waals surface area contributed by atoms with Crippen LogP contribution in [-0.4, -0.2) is 12.5 Å². The Labute approximate surface area is 203 Å². The Bertz CT molecular complexity index is 1100. The minimum atomic E-state index is -0.259. The highest BCUT2D eigenvalue weighted by Crippen LogP contribution is 2.27. The molecule has 4 heteroatoms. The molecule has 34 heavy (non-hydrogen) atoms. The molecule has 0 fully saturated rings. The molecule has 3 N–H and O–H groups in total. The van der Waals surface area contributed by atoms with Crippen LogP contribution in [-0.2, 0) is 6.42 Å². The Morgan fingerprint density at radius 1 is 0.912 bits per heavy atom. The van der Waals surface area contributed by atoms with Gasteiger partial charge in [0.2, 0.25) is 0 Å². The molecule has 4 nitrogen and oxygen atoms in total. The summed E-state index contributed by atoms with van der Waals surface area (Å²) in [7, 11) is 0. The van der Waals surface area contributed by atoms with Crippen LogP contribution in [0.3, 0.4) is 0 Å². The van der Waals surface area contributed by atoms with Gasteiger partial charge in [-0.3, -0.25) is 4.79 Å². The van der Waals surface area contributed by atoms with Crippen molar-refractivity contribution in [2.75, 3.05) is 6.54 Å². The van der Waals surface area contributed by atoms with E-state index in [1.54, 1.807) is 0 Å². The molecule has 0 aromatic heterocycles. The zero-order valence-electron chi connectivity index (χ0n) is 20.1. The highest BCUT2D eigenvalue weighted by atomic mass is 16.1. The zero-order chi connectivity index (χ0) is 24.2. The second kappa shape index (κ2) is 13.3. The predicted octanol–water partition coefficient (Wildman–Crippen LogP) is 6.56. The molecule has 0 spiro atoms. The maximum absolute atomic E-state index is 12.6. The van der Waals surface area contributed by atoms with Crippen molar-refractivity contribution in [3.63, 3.8) is 0 Å². The lowest BCUT2D eigenvalue weighted by Crippen LogP contribution is -2.24. The molecule has 3 aromatic rings. The molecule has 0 aliphatic carbocycles. The van der Waals surface area contributed by atoms with Gasteiger partial charge in [0.05, 0.1) is 11.6 Å². The van der Waals surface area contributed by atoms with Crippen LogP contribution in [0.25, 0.3) is 11.1 Å². The lowest BCUT2D eigenvalue weighted by Gasteiger charge is -2.15. The second-order valence-corrected chi connectivity index (χ2v) is 8.81. The van der Waals surface area contributed by atoms with Gasteiger partial charge in [-0.05, 0) is 53.3 Å². The summed E-state index contributed by atoms with van der Waals surface area (Å²) in [6, 6.07) is 25.4. The summed E-state index contributed by atoms with van der Waals surface area (Å²) >= 11 is 0. The lowest BCUT2D eigenvalue weighted by atomic mass is 9.92. The van der Waals surface area contributed by atoms with E-state index >= 15 is 0 Å². The number of hydrogen-bond donors (Lipinski definition) is 2. The van der Waals surface area contributed by atoms with Gasteiger partial charge >= 0.3 is 0 Å². The molecule has 1 amide bonds. The Balaban J connectivity index is 1.65. The van der Waals surface area contributed by atoms with Crippen LogP contribution < -0.4 is 11.1 Å². The number of amides is 1. The Hall–Kier alpha value is -3.42. The van der Waals surface area contributed by atoms with E-state index in [2.05, 4.69) is 18.3 Å². The lowest BCUT2D eigenvalue weighted by molar-refractivity contribution is 0.0953. The van der Waals surface area contributed by atoms with Gasteiger partial charge in [-0.25, -0.2) is 0 Å². The Morgan fingerprint density at radius 2 is 1.65 bits per heavy atom. The maximum atomic E-state index is 12.6. The van der Waals surface area contributed by atoms with E-state index in [-0.39, 0.29) is 11.9 Å². The van der Waals surface area contributed by atoms with Crippen molar-refractivity contribution in [1.82, 2.24) is 5.32 Å². The molecule has 0 bridgehead atoms. The molecular weight excluding hydrogens is 418 g/mol. The Kier molecular flexibility index (Phi) is 9.88. The second-order valence-electron chi connectivity index (χ2n) is 8.81. The first kappa shape index (κ1) is 25.2. The summed E-state index contributed by atoms with van der Waals surface area (Å²) in [6.45, 7) is 2.91. The molecule has 0 saturated heterocycles. The number of nitrogens with zero attached hydrogens (tertiary/aromatic N) is 1. The van der Waals surface area contributed by atoms with Gasteiger partial charge in [-0.15, -0.1) is 0 Å². The van der Waals surface area contributed by atoms with Gasteiger partial charge in [0.1, 0.15) is 0 Å². The fourth-order valence-electron chi connectivity index (χ4n) is 4.18. The first-order chi connectivity index (χ1) is 16.6. The maximum Gasteiger partial charge on any atom is 0.251 e. The predicted molar refractivity (Wildman–Crippen MR) is 139 cm³/mol. The van der Waals surface area contributed by atoms with Gasteiger partial charge < -0.3 is 11.1 Å². The van der Waals surface area contributed by atoms with Crippen molar-refractivity contribution in [1.29, 1.82) is 5.26 Å². The monoisotopic (exact) mass is 453 g/mol. The minimum absolute atomic E-state index is 0.0579. The summed E-state index contributed by atoms with van der Waals surface area (Å²) < 4.78 is 0. The zero-order valence-corrected chi connectivity index (χ0v) is 20.1. The van der Waals surface area contributed by atoms with Gasteiger partial charge in [0.25, 0.3) is 5.91 Å². The SMILES string of the molecule is CCCCCCCCNC(=O)c1cccc(-c2ccc(C(N)Cc3ccccc3)c(C#N)c2)c1. The molecule has 3 rings (SSSR count). The molecule has 0 radical (unpaired) electrons. The van der Waals surface area contributed by atoms with Crippen molar-refractivity contribution in [3.8, 4) is 17.2 Å². The van der Waals surface area contributed by atoms with Crippen LogP contribution in [0.2, 0.25) is 0 Å². The van der Waals surface area contributed by atoms with E-state index < -0.39 is 0 Å². The third-order valence-electron chi connectivity index (χ3n) is 6.15. The number of carbonyl (C=O) groups excluding carboxylic acids is 1. The number of carbonyl (C=O) groups is 1. The average Bonchev–Trinajstić information content (AvgIpc) is 2.88. The van der Waals surface area contributed by atoms with E-state index in [0.717, 1.165) is 35.1 Å². The fraction of sp³-hybridized carbons (Fsp3) is 0.333. The fourth-order valence-corrected chi connectivity index (χ4v) is 4.18. The topological polar surface area (TPSA) is 78.9 Å². The van der Waals surface area contributed by atoms with Crippen molar-refractivity contribution in [2.45, 2.75) is 57.9 Å². The highest BCUT2D eigenvalue weighted by molar-refractivity contribution is 5.95. The van der Waals surface area contributed by atoms with Crippen LogP contribution in [0.5, 0.6) is 0 Å². The minimum Gasteiger partial charge on any atom is -0.352 e. The van der Waals surface area contributed by atoms with Gasteiger partial charge in [-0.2, -0.15) is 5.26 Å². The van der Waals surface area contributed by atoms with E-state index in [1.165, 1.54) is 25.7 Å². The van der Waals surface area contributed by atoms with Crippen LogP contribution >= 0.6 is 0 Å². The largest absolute Gasteiger partial charge is 0.352 e. The van der Waals surface area contributed by atoms with Crippen LogP contribution in [0.1, 0.15) is 78.5 Å². The third kappa shape index (κ3) is 7.30. The standard InChI is InChI=1S/C30H35N3O/c1-2-3-4-5-6-10-18-33-30(34)26-15-11-14-24(20-26)25-16-17-28(27(21-25)22-31)29(32)19-23-12-8-7-9-13-23/h7-9,11-17,20-21,29H,2-6,10,18-19,32H2,1H3,(H,33,34). The molecule has 1 unspecified atom stereocenters. The molecule has 0 aliphatic rings. The molecule has 3 aromatic carbocycles. The van der Waals surface area contributed by atoms with Crippen LogP contribution in [0.4, 0.5) is 0 Å². The number of hydrogen-bond acceptors (Lipinski definition) is 3. The highest BCUT2D eigenvalue weighted by Gasteiger charge is 2.14. The number of nitrogens with one attached hydrogen (secondary N) is 1. The summed E-state index contributed by atoms with van der Waals surface area (Å²) in [5.74, 6) is -0.0579. The van der Waals surface area contributed by atoms with E-state index in [9.17, 15) is 10.1 Å². The summed E-state index contributed by atoms with van der Waals surface area (Å²) in [5.41, 5.74) is 11.4. The van der Waals surface area contributed by atoms with E-state index in [0.29, 0.717) is 24.1 Å². The third-order valence-corrected chi connectivity index (χ3v) is 6.15. The number of nitriles is 1. The number of benzene rings is 3. The van der Waals surface area contributed by atoms with Gasteiger partial charge in [0.15, 0.2) is 0 Å². The van der Waals surface area contributed by atoms with E-state index in [1.807, 2.05) is 72.8 Å². The molecule has 176 valence electrons. The molecular formula is C30H35N3O. The molecule has 0 saturated carbocycles. The first-order valence-corrected chi connectivity index (χ1v) is 12.3. The van der Waals surface area contributed by atoms with Crippen molar-refractivity contribution >= 4 is 5.91 Å². The smallest absolute Gasteiger partial charge is 0.251 e. The van der Waals surface area contributed by atoms with E-state index in [4.69, 9.17) is 5.73 Å². The normalized spacial score (nSPS) is 11.6. The molecule has 0 heterocycles. The Morgan fingerprint density at radius 3 is 2.41 bits per heavy atom. The van der Waals surface area contributed by atoms with Crippen molar-refractivity contribution < 1.29 is 4.79 Å². The summed E-state index contributed by atoms with van der Waals surface area (Å²) in [4.78, 5) is 12.6. The summed E-state index contributed by atoms with van der Waals surface area (Å²) in [5, 5.41) is 12.8. The number of nitrogens with two attached hydrogens (primary N) is 1. The van der Waals surface area contributed by atoms with Crippen LogP contribution in [0, 0.1) is 11.3 Å². The van der Waals surface area contributed by atoms with Crippen molar-refractivity contribution in [2.24, 2.45) is 5.73 Å². The van der Waals surface area contributed by atoms with Gasteiger partial charge in [-0.1, -0.05) is 93.6 Å². The average molecular weight is 454 g/mol. The van der Waals surface area contributed by atoms with Crippen molar-refractivity contribution in [3.05, 3.63) is 95.1 Å². The quantitative estimate of drug-likeness (QED) is 0.305. The number of rotatable bonds is 12. The molecule has 1 atom stereocenters. The molecule has 0 aliphatic heterocycles. The van der Waals surface area contributed by atoms with Gasteiger partial charge in [0, 0.05) is 18.2 Å².